The Morgan fingerprint density at radius 3 is 1.43 bits per heavy atom. The van der Waals surface area contributed by atoms with E-state index >= 15 is 0 Å². The standard InChI is InChI=1S/C64H42N2O/c1-4-17-43(18-5-1)45-35-37-51(38-36-45)65(50-21-8-3-9-22-50)61-29-16-30-62-63(61)58-42-57(53-23-10-11-26-56(53)64(58)67-62)47-33-31-46(32-34-47)49-39-48(44-19-6-2-7-20-44)40-52(41-49)66-59-27-14-12-24-54(59)55-25-13-15-28-60(55)66/h1-42H. The molecule has 0 aliphatic rings. The third kappa shape index (κ3) is 6.59. The highest BCUT2D eigenvalue weighted by Gasteiger charge is 2.22. The molecule has 0 unspecified atom stereocenters. The maximum Gasteiger partial charge on any atom is 0.143 e. The van der Waals surface area contributed by atoms with Crippen molar-refractivity contribution in [2.75, 3.05) is 4.90 Å². The average molecular weight is 855 g/mol. The summed E-state index contributed by atoms with van der Waals surface area (Å²) in [5.41, 5.74) is 17.8. The average Bonchev–Trinajstić information content (AvgIpc) is 3.96. The molecule has 3 heteroatoms. The van der Waals surface area contributed by atoms with E-state index in [1.165, 1.54) is 44.1 Å². The third-order valence-electron chi connectivity index (χ3n) is 13.4. The minimum absolute atomic E-state index is 0.851. The van der Waals surface area contributed by atoms with Gasteiger partial charge < -0.3 is 13.9 Å². The molecule has 67 heavy (non-hydrogen) atoms. The second-order valence-electron chi connectivity index (χ2n) is 17.3. The van der Waals surface area contributed by atoms with Crippen molar-refractivity contribution in [1.29, 1.82) is 0 Å². The lowest BCUT2D eigenvalue weighted by Gasteiger charge is -2.26. The number of benzene rings is 11. The van der Waals surface area contributed by atoms with Crippen molar-refractivity contribution < 1.29 is 4.42 Å². The van der Waals surface area contributed by atoms with E-state index in [9.17, 15) is 0 Å². The highest BCUT2D eigenvalue weighted by molar-refractivity contribution is 6.22. The van der Waals surface area contributed by atoms with E-state index in [-0.39, 0.29) is 0 Å². The summed E-state index contributed by atoms with van der Waals surface area (Å²) < 4.78 is 9.30. The van der Waals surface area contributed by atoms with Gasteiger partial charge in [0.2, 0.25) is 0 Å². The largest absolute Gasteiger partial charge is 0.455 e. The molecule has 11 aromatic carbocycles. The van der Waals surface area contributed by atoms with Crippen molar-refractivity contribution in [3.8, 4) is 50.2 Å². The van der Waals surface area contributed by atoms with Crippen molar-refractivity contribution in [3.63, 3.8) is 0 Å². The summed E-state index contributed by atoms with van der Waals surface area (Å²) in [6, 6.07) is 91.8. The number of furan rings is 1. The van der Waals surface area contributed by atoms with Crippen LogP contribution >= 0.6 is 0 Å². The fourth-order valence-electron chi connectivity index (χ4n) is 10.2. The predicted octanol–water partition coefficient (Wildman–Crippen LogP) is 18.0. The number of hydrogen-bond acceptors (Lipinski definition) is 2. The van der Waals surface area contributed by atoms with Crippen LogP contribution < -0.4 is 4.90 Å². The van der Waals surface area contributed by atoms with Gasteiger partial charge in [-0.1, -0.05) is 182 Å². The van der Waals surface area contributed by atoms with E-state index in [1.807, 2.05) is 0 Å². The zero-order valence-corrected chi connectivity index (χ0v) is 36.6. The lowest BCUT2D eigenvalue weighted by atomic mass is 9.93. The number of nitrogens with zero attached hydrogens (tertiary/aromatic N) is 2. The Hall–Kier alpha value is -8.92. The van der Waals surface area contributed by atoms with E-state index in [0.29, 0.717) is 0 Å². The van der Waals surface area contributed by atoms with E-state index in [2.05, 4.69) is 264 Å². The monoisotopic (exact) mass is 854 g/mol. The van der Waals surface area contributed by atoms with Crippen LogP contribution in [0.3, 0.4) is 0 Å². The quantitative estimate of drug-likeness (QED) is 0.152. The molecule has 2 heterocycles. The van der Waals surface area contributed by atoms with Gasteiger partial charge in [-0.15, -0.1) is 0 Å². The second kappa shape index (κ2) is 16.0. The van der Waals surface area contributed by atoms with Crippen molar-refractivity contribution in [3.05, 3.63) is 255 Å². The van der Waals surface area contributed by atoms with Gasteiger partial charge in [0, 0.05) is 38.6 Å². The Balaban J connectivity index is 0.962. The number of aromatic nitrogens is 1. The lowest BCUT2D eigenvalue weighted by Crippen LogP contribution is -2.10. The Morgan fingerprint density at radius 1 is 0.313 bits per heavy atom. The summed E-state index contributed by atoms with van der Waals surface area (Å²) in [6.07, 6.45) is 0. The number of para-hydroxylation sites is 3. The van der Waals surface area contributed by atoms with Crippen LogP contribution in [0, 0.1) is 0 Å². The summed E-state index contributed by atoms with van der Waals surface area (Å²) >= 11 is 0. The van der Waals surface area contributed by atoms with Gasteiger partial charge in [0.15, 0.2) is 0 Å². The van der Waals surface area contributed by atoms with Crippen LogP contribution in [0.15, 0.2) is 259 Å². The highest BCUT2D eigenvalue weighted by Crippen LogP contribution is 2.47. The summed E-state index contributed by atoms with van der Waals surface area (Å²) in [7, 11) is 0. The van der Waals surface area contributed by atoms with Gasteiger partial charge in [0.25, 0.3) is 0 Å². The fourth-order valence-corrected chi connectivity index (χ4v) is 10.2. The minimum atomic E-state index is 0.851. The molecule has 13 aromatic rings. The van der Waals surface area contributed by atoms with Crippen LogP contribution in [0.4, 0.5) is 17.1 Å². The van der Waals surface area contributed by atoms with Crippen molar-refractivity contribution in [2.45, 2.75) is 0 Å². The number of hydrogen-bond donors (Lipinski definition) is 0. The first-order valence-electron chi connectivity index (χ1n) is 22.9. The zero-order valence-electron chi connectivity index (χ0n) is 36.6. The van der Waals surface area contributed by atoms with Crippen LogP contribution in [0.2, 0.25) is 0 Å². The molecule has 0 spiro atoms. The highest BCUT2D eigenvalue weighted by atomic mass is 16.3. The third-order valence-corrected chi connectivity index (χ3v) is 13.4. The number of fused-ring (bicyclic) bond motifs is 8. The molecule has 314 valence electrons. The first kappa shape index (κ1) is 38.5. The maximum absolute atomic E-state index is 6.89. The molecule has 0 fully saturated rings. The van der Waals surface area contributed by atoms with Gasteiger partial charge in [-0.25, -0.2) is 0 Å². The molecule has 0 saturated carbocycles. The number of rotatable bonds is 8. The maximum atomic E-state index is 6.89. The molecule has 0 N–H and O–H groups in total. The topological polar surface area (TPSA) is 21.3 Å². The van der Waals surface area contributed by atoms with Gasteiger partial charge in [0.05, 0.1) is 22.1 Å². The summed E-state index contributed by atoms with van der Waals surface area (Å²) in [5, 5.41) is 6.90. The number of anilines is 3. The van der Waals surface area contributed by atoms with Gasteiger partial charge in [-0.05, 0) is 123 Å². The molecular weight excluding hydrogens is 813 g/mol. The normalized spacial score (nSPS) is 11.6. The first-order chi connectivity index (χ1) is 33.2. The molecule has 13 rings (SSSR count). The summed E-state index contributed by atoms with van der Waals surface area (Å²) in [5.74, 6) is 0. The van der Waals surface area contributed by atoms with E-state index in [0.717, 1.165) is 77.7 Å². The molecule has 0 aliphatic heterocycles. The van der Waals surface area contributed by atoms with Crippen molar-refractivity contribution >= 4 is 71.6 Å². The molecule has 0 atom stereocenters. The van der Waals surface area contributed by atoms with Crippen LogP contribution in [0.1, 0.15) is 0 Å². The van der Waals surface area contributed by atoms with Crippen LogP contribution in [-0.2, 0) is 0 Å². The van der Waals surface area contributed by atoms with Gasteiger partial charge in [-0.2, -0.15) is 0 Å². The van der Waals surface area contributed by atoms with Crippen LogP contribution in [-0.4, -0.2) is 4.57 Å². The van der Waals surface area contributed by atoms with Crippen molar-refractivity contribution in [2.24, 2.45) is 0 Å². The van der Waals surface area contributed by atoms with Gasteiger partial charge >= 0.3 is 0 Å². The molecule has 3 nitrogen and oxygen atoms in total. The Labute approximate surface area is 388 Å². The first-order valence-corrected chi connectivity index (χ1v) is 22.9. The van der Waals surface area contributed by atoms with Crippen LogP contribution in [0.5, 0.6) is 0 Å². The van der Waals surface area contributed by atoms with Gasteiger partial charge in [0.1, 0.15) is 11.2 Å². The molecule has 0 saturated heterocycles. The fraction of sp³-hybridized carbons (Fsp3) is 0. The Kier molecular flexibility index (Phi) is 9.17. The molecular formula is C64H42N2O. The smallest absolute Gasteiger partial charge is 0.143 e. The lowest BCUT2D eigenvalue weighted by molar-refractivity contribution is 0.672. The summed E-state index contributed by atoms with van der Waals surface area (Å²) in [6.45, 7) is 0. The van der Waals surface area contributed by atoms with E-state index in [4.69, 9.17) is 4.42 Å². The minimum Gasteiger partial charge on any atom is -0.455 e. The van der Waals surface area contributed by atoms with Gasteiger partial charge in [-0.3, -0.25) is 0 Å². The SMILES string of the molecule is c1ccc(-c2ccc(N(c3ccccc3)c3cccc4oc5c6ccccc6c(-c6ccc(-c7cc(-c8ccccc8)cc(-n8c9ccccc9c9ccccc98)c7)cc6)cc5c34)cc2)cc1. The molecule has 0 bridgehead atoms. The summed E-state index contributed by atoms with van der Waals surface area (Å²) in [4.78, 5) is 2.35. The second-order valence-corrected chi connectivity index (χ2v) is 17.3. The van der Waals surface area contributed by atoms with Crippen LogP contribution in [0.25, 0.3) is 105 Å². The zero-order chi connectivity index (χ0) is 44.3. The van der Waals surface area contributed by atoms with Crippen molar-refractivity contribution in [1.82, 2.24) is 4.57 Å². The predicted molar refractivity (Wildman–Crippen MR) is 282 cm³/mol. The Bertz CT molecular complexity index is 3890. The van der Waals surface area contributed by atoms with E-state index in [1.54, 1.807) is 0 Å². The molecule has 0 amide bonds. The molecule has 0 radical (unpaired) electrons. The molecule has 2 aromatic heterocycles. The van der Waals surface area contributed by atoms with E-state index < -0.39 is 0 Å². The Morgan fingerprint density at radius 2 is 0.791 bits per heavy atom. The molecule has 0 aliphatic carbocycles.